The van der Waals surface area contributed by atoms with E-state index in [1.54, 1.807) is 0 Å². The average molecular weight is 498 g/mol. The molecule has 0 aromatic carbocycles. The van der Waals surface area contributed by atoms with Crippen molar-refractivity contribution in [1.82, 2.24) is 15.5 Å². The number of amides is 4. The molecule has 10 nitrogen and oxygen atoms in total. The maximum atomic E-state index is 12.2. The Kier molecular flexibility index (Phi) is 12.0. The average Bonchev–Trinajstić information content (AvgIpc) is 3.05. The number of rotatable bonds is 17. The van der Waals surface area contributed by atoms with Crippen molar-refractivity contribution in [3.8, 4) is 0 Å². The van der Waals surface area contributed by atoms with E-state index < -0.39 is 28.6 Å². The first-order chi connectivity index (χ1) is 16.2. The number of imide groups is 1. The molecule has 0 aromatic heterocycles. The van der Waals surface area contributed by atoms with E-state index in [1.165, 1.54) is 12.2 Å². The third-order valence-electron chi connectivity index (χ3n) is 5.75. The van der Waals surface area contributed by atoms with Crippen LogP contribution in [-0.4, -0.2) is 83.3 Å². The third kappa shape index (κ3) is 12.8. The van der Waals surface area contributed by atoms with Gasteiger partial charge in [0.1, 0.15) is 0 Å². The van der Waals surface area contributed by atoms with E-state index in [2.05, 4.69) is 10.6 Å². The predicted octanol–water partition coefficient (Wildman–Crippen LogP) is 1.46. The largest absolute Gasteiger partial charge is 0.396 e. The van der Waals surface area contributed by atoms with E-state index in [4.69, 9.17) is 14.6 Å². The van der Waals surface area contributed by atoms with E-state index in [9.17, 15) is 19.2 Å². The molecule has 3 N–H and O–H groups in total. The van der Waals surface area contributed by atoms with Crippen molar-refractivity contribution in [2.24, 2.45) is 0 Å². The fourth-order valence-electron chi connectivity index (χ4n) is 3.38. The van der Waals surface area contributed by atoms with Crippen LogP contribution < -0.4 is 10.6 Å². The smallest absolute Gasteiger partial charge is 0.253 e. The molecule has 1 rings (SSSR count). The highest BCUT2D eigenvalue weighted by Crippen LogP contribution is 2.21. The quantitative estimate of drug-likeness (QED) is 0.205. The molecule has 0 aliphatic carbocycles. The number of hydrogen-bond donors (Lipinski definition) is 3. The topological polar surface area (TPSA) is 134 Å². The predicted molar refractivity (Wildman–Crippen MR) is 131 cm³/mol. The van der Waals surface area contributed by atoms with Gasteiger partial charge in [-0.15, -0.1) is 0 Å². The molecule has 0 saturated heterocycles. The van der Waals surface area contributed by atoms with Crippen molar-refractivity contribution < 1.29 is 33.8 Å². The van der Waals surface area contributed by atoms with Gasteiger partial charge in [-0.05, 0) is 60.8 Å². The fourth-order valence-corrected chi connectivity index (χ4v) is 3.38. The van der Waals surface area contributed by atoms with Gasteiger partial charge in [-0.2, -0.15) is 0 Å². The first kappa shape index (κ1) is 30.7. The van der Waals surface area contributed by atoms with Gasteiger partial charge in [-0.1, -0.05) is 0 Å². The molecule has 1 aliphatic heterocycles. The van der Waals surface area contributed by atoms with Gasteiger partial charge >= 0.3 is 0 Å². The van der Waals surface area contributed by atoms with Gasteiger partial charge in [0, 0.05) is 50.2 Å². The molecular weight excluding hydrogens is 454 g/mol. The molecule has 35 heavy (non-hydrogen) atoms. The zero-order valence-corrected chi connectivity index (χ0v) is 22.1. The summed E-state index contributed by atoms with van der Waals surface area (Å²) in [6, 6.07) is 0. The number of hydrogen-bond acceptors (Lipinski definition) is 7. The Hall–Kier alpha value is -2.30. The van der Waals surface area contributed by atoms with Gasteiger partial charge in [0.25, 0.3) is 11.8 Å². The van der Waals surface area contributed by atoms with Crippen molar-refractivity contribution in [2.45, 2.75) is 90.4 Å². The molecule has 0 radical (unpaired) electrons. The Balaban J connectivity index is 2.21. The first-order valence-corrected chi connectivity index (χ1v) is 12.2. The molecular formula is C25H43N3O7. The lowest BCUT2D eigenvalue weighted by Crippen LogP contribution is -2.44. The Morgan fingerprint density at radius 3 is 2.03 bits per heavy atom. The highest BCUT2D eigenvalue weighted by molar-refractivity contribution is 6.13. The van der Waals surface area contributed by atoms with E-state index in [1.807, 2.05) is 41.5 Å². The molecule has 10 heteroatoms. The van der Waals surface area contributed by atoms with Crippen LogP contribution in [0.3, 0.4) is 0 Å². The molecule has 0 saturated carbocycles. The molecule has 1 heterocycles. The monoisotopic (exact) mass is 497 g/mol. The summed E-state index contributed by atoms with van der Waals surface area (Å²) in [4.78, 5) is 48.2. The standard InChI is InChI=1S/C25H43N3O7/c1-23(2,12-16-29)27-20(31)9-11-24(3,4)34-17-13-25(5,6)35-18-14-26-19(30)10-15-28-21(32)7-8-22(28)33/h7-8,29H,9-18H2,1-6H3,(H,26,30)(H,27,31). The lowest BCUT2D eigenvalue weighted by Gasteiger charge is -2.30. The Labute approximate surface area is 208 Å². The summed E-state index contributed by atoms with van der Waals surface area (Å²) >= 11 is 0. The number of aliphatic hydroxyl groups is 1. The van der Waals surface area contributed by atoms with E-state index in [0.29, 0.717) is 45.4 Å². The van der Waals surface area contributed by atoms with Crippen LogP contribution in [0.5, 0.6) is 0 Å². The number of nitrogens with zero attached hydrogens (tertiary/aromatic N) is 1. The second-order valence-electron chi connectivity index (χ2n) is 10.6. The van der Waals surface area contributed by atoms with Crippen LogP contribution in [0.15, 0.2) is 12.2 Å². The summed E-state index contributed by atoms with van der Waals surface area (Å²) in [5.74, 6) is -1.12. The molecule has 0 atom stereocenters. The molecule has 200 valence electrons. The number of carbonyl (C=O) groups excluding carboxylic acids is 4. The van der Waals surface area contributed by atoms with E-state index >= 15 is 0 Å². The lowest BCUT2D eigenvalue weighted by atomic mass is 9.98. The van der Waals surface area contributed by atoms with Crippen LogP contribution in [0.25, 0.3) is 0 Å². The number of carbonyl (C=O) groups is 4. The van der Waals surface area contributed by atoms with Crippen molar-refractivity contribution in [1.29, 1.82) is 0 Å². The highest BCUT2D eigenvalue weighted by atomic mass is 16.5. The van der Waals surface area contributed by atoms with Crippen molar-refractivity contribution in [3.05, 3.63) is 12.2 Å². The summed E-state index contributed by atoms with van der Waals surface area (Å²) in [5, 5.41) is 14.7. The maximum absolute atomic E-state index is 12.2. The molecule has 0 bridgehead atoms. The van der Waals surface area contributed by atoms with Crippen LogP contribution in [-0.2, 0) is 28.7 Å². The molecule has 1 aliphatic rings. The molecule has 0 aromatic rings. The van der Waals surface area contributed by atoms with E-state index in [-0.39, 0.29) is 31.4 Å². The van der Waals surface area contributed by atoms with Gasteiger partial charge < -0.3 is 25.2 Å². The summed E-state index contributed by atoms with van der Waals surface area (Å²) in [6.07, 6.45) is 4.45. The lowest BCUT2D eigenvalue weighted by molar-refractivity contribution is -0.137. The third-order valence-corrected chi connectivity index (χ3v) is 5.75. The van der Waals surface area contributed by atoms with Crippen LogP contribution in [0.2, 0.25) is 0 Å². The van der Waals surface area contributed by atoms with Gasteiger partial charge in [0.2, 0.25) is 11.8 Å². The zero-order chi connectivity index (χ0) is 26.7. The molecule has 0 fully saturated rings. The number of nitrogens with one attached hydrogen (secondary N) is 2. The summed E-state index contributed by atoms with van der Waals surface area (Å²) in [7, 11) is 0. The maximum Gasteiger partial charge on any atom is 0.253 e. The van der Waals surface area contributed by atoms with Crippen molar-refractivity contribution in [2.75, 3.05) is 32.9 Å². The highest BCUT2D eigenvalue weighted by Gasteiger charge is 2.26. The summed E-state index contributed by atoms with van der Waals surface area (Å²) < 4.78 is 11.9. The van der Waals surface area contributed by atoms with Crippen LogP contribution in [0.1, 0.15) is 73.6 Å². The van der Waals surface area contributed by atoms with Gasteiger partial charge in [0.15, 0.2) is 0 Å². The second kappa shape index (κ2) is 13.7. The van der Waals surface area contributed by atoms with Crippen LogP contribution >= 0.6 is 0 Å². The minimum atomic E-state index is -0.476. The normalized spacial score (nSPS) is 14.5. The Bertz CT molecular complexity index is 757. The SMILES string of the molecule is CC(C)(CCO)NC(=O)CCC(C)(C)OCCC(C)(C)OCCNC(=O)CCN1C(=O)C=CC1=O. The molecule has 0 unspecified atom stereocenters. The van der Waals surface area contributed by atoms with Crippen LogP contribution in [0, 0.1) is 0 Å². The molecule has 0 spiro atoms. The fraction of sp³-hybridized carbons (Fsp3) is 0.760. The minimum Gasteiger partial charge on any atom is -0.396 e. The zero-order valence-electron chi connectivity index (χ0n) is 22.1. The minimum absolute atomic E-state index is 0.0209. The van der Waals surface area contributed by atoms with Gasteiger partial charge in [-0.25, -0.2) is 0 Å². The van der Waals surface area contributed by atoms with Crippen molar-refractivity contribution in [3.63, 3.8) is 0 Å². The van der Waals surface area contributed by atoms with Crippen molar-refractivity contribution >= 4 is 23.6 Å². The van der Waals surface area contributed by atoms with E-state index in [0.717, 1.165) is 4.90 Å². The summed E-state index contributed by atoms with van der Waals surface area (Å²) in [6.45, 7) is 12.7. The number of ether oxygens (including phenoxy) is 2. The Morgan fingerprint density at radius 2 is 1.43 bits per heavy atom. The second-order valence-corrected chi connectivity index (χ2v) is 10.6. The molecule has 4 amide bonds. The van der Waals surface area contributed by atoms with Gasteiger partial charge in [-0.3, -0.25) is 24.1 Å². The summed E-state index contributed by atoms with van der Waals surface area (Å²) in [5.41, 5.74) is -1.39. The first-order valence-electron chi connectivity index (χ1n) is 12.2. The van der Waals surface area contributed by atoms with Gasteiger partial charge in [0.05, 0.1) is 24.4 Å². The van der Waals surface area contributed by atoms with Crippen LogP contribution in [0.4, 0.5) is 0 Å². The Morgan fingerprint density at radius 1 is 0.857 bits per heavy atom. The number of aliphatic hydroxyl groups excluding tert-OH is 1.